The molecule has 0 saturated carbocycles. The number of hydrogen-bond donors (Lipinski definition) is 2. The van der Waals surface area contributed by atoms with Crippen molar-refractivity contribution < 1.29 is 38.7 Å². The number of esters is 2. The highest BCUT2D eigenvalue weighted by molar-refractivity contribution is 5.92. The maximum absolute atomic E-state index is 12.3. The summed E-state index contributed by atoms with van der Waals surface area (Å²) in [4.78, 5) is 24.4. The SMILES string of the molecule is C=C(CO)C(=O)O[C@H]1C[C@@]23O[C@@H]2CCC(=C[C@H]2OC(=O)C(=C)[C@H]12)CO[C@@H]3O. The van der Waals surface area contributed by atoms with Crippen LogP contribution in [0.2, 0.25) is 0 Å². The first-order valence-electron chi connectivity index (χ1n) is 8.92. The molecule has 146 valence electrons. The van der Waals surface area contributed by atoms with Gasteiger partial charge in [-0.2, -0.15) is 0 Å². The normalized spacial score (nSPS) is 40.2. The Morgan fingerprint density at radius 3 is 2.96 bits per heavy atom. The van der Waals surface area contributed by atoms with Gasteiger partial charge in [0.15, 0.2) is 6.29 Å². The molecule has 2 bridgehead atoms. The predicted molar refractivity (Wildman–Crippen MR) is 90.1 cm³/mol. The summed E-state index contributed by atoms with van der Waals surface area (Å²) < 4.78 is 22.4. The van der Waals surface area contributed by atoms with E-state index in [-0.39, 0.29) is 30.3 Å². The minimum absolute atomic E-state index is 0.109. The second-order valence-corrected chi connectivity index (χ2v) is 7.42. The lowest BCUT2D eigenvalue weighted by Crippen LogP contribution is -2.45. The summed E-state index contributed by atoms with van der Waals surface area (Å²) in [5.41, 5.74) is -0.0403. The smallest absolute Gasteiger partial charge is 0.336 e. The van der Waals surface area contributed by atoms with E-state index < -0.39 is 48.6 Å². The molecule has 1 aliphatic carbocycles. The Balaban J connectivity index is 1.74. The van der Waals surface area contributed by atoms with E-state index in [0.717, 1.165) is 5.57 Å². The van der Waals surface area contributed by atoms with Crippen LogP contribution in [0.25, 0.3) is 0 Å². The molecule has 0 radical (unpaired) electrons. The van der Waals surface area contributed by atoms with Gasteiger partial charge >= 0.3 is 11.9 Å². The van der Waals surface area contributed by atoms with Gasteiger partial charge in [-0.3, -0.25) is 0 Å². The largest absolute Gasteiger partial charge is 0.458 e. The maximum atomic E-state index is 12.3. The molecule has 27 heavy (non-hydrogen) atoms. The van der Waals surface area contributed by atoms with Crippen molar-refractivity contribution in [2.75, 3.05) is 13.2 Å². The van der Waals surface area contributed by atoms with E-state index in [4.69, 9.17) is 24.1 Å². The first-order valence-corrected chi connectivity index (χ1v) is 8.92. The fourth-order valence-corrected chi connectivity index (χ4v) is 4.13. The second-order valence-electron chi connectivity index (χ2n) is 7.42. The van der Waals surface area contributed by atoms with Gasteiger partial charge in [0.2, 0.25) is 0 Å². The Bertz CT molecular complexity index is 740. The molecule has 0 aromatic carbocycles. The second kappa shape index (κ2) is 6.56. The highest BCUT2D eigenvalue weighted by Gasteiger charge is 2.65. The predicted octanol–water partition coefficient (Wildman–Crippen LogP) is 0.141. The molecule has 4 heterocycles. The average molecular weight is 378 g/mol. The first-order chi connectivity index (χ1) is 12.9. The number of aliphatic hydroxyl groups excluding tert-OH is 2. The monoisotopic (exact) mass is 378 g/mol. The highest BCUT2D eigenvalue weighted by Crippen LogP contribution is 2.51. The van der Waals surface area contributed by atoms with Gasteiger partial charge in [-0.15, -0.1) is 0 Å². The molecular formula is C19H22O8. The third-order valence-corrected chi connectivity index (χ3v) is 5.74. The average Bonchev–Trinajstić information content (AvgIpc) is 3.26. The molecule has 5 rings (SSSR count). The van der Waals surface area contributed by atoms with Crippen molar-refractivity contribution in [1.82, 2.24) is 0 Å². The van der Waals surface area contributed by atoms with Crippen LogP contribution >= 0.6 is 0 Å². The van der Waals surface area contributed by atoms with Gasteiger partial charge in [0.25, 0.3) is 0 Å². The van der Waals surface area contributed by atoms with E-state index >= 15 is 0 Å². The molecule has 8 nitrogen and oxygen atoms in total. The van der Waals surface area contributed by atoms with E-state index in [1.165, 1.54) is 0 Å². The molecule has 5 aliphatic rings. The van der Waals surface area contributed by atoms with E-state index in [1.54, 1.807) is 6.08 Å². The Kier molecular flexibility index (Phi) is 4.46. The van der Waals surface area contributed by atoms with Crippen LogP contribution in [0.5, 0.6) is 0 Å². The summed E-state index contributed by atoms with van der Waals surface area (Å²) in [6.07, 6.45) is 0.352. The minimum Gasteiger partial charge on any atom is -0.458 e. The quantitative estimate of drug-likeness (QED) is 0.308. The number of rotatable bonds is 3. The Hall–Kier alpha value is -2.00. The summed E-state index contributed by atoms with van der Waals surface area (Å²) in [6.45, 7) is 6.95. The number of carbonyl (C=O) groups is 2. The molecule has 3 saturated heterocycles. The third kappa shape index (κ3) is 3.02. The fourth-order valence-electron chi connectivity index (χ4n) is 4.13. The Morgan fingerprint density at radius 1 is 1.44 bits per heavy atom. The van der Waals surface area contributed by atoms with Crippen molar-refractivity contribution in [2.24, 2.45) is 5.92 Å². The number of ether oxygens (including phenoxy) is 4. The number of epoxide rings is 1. The molecular weight excluding hydrogens is 356 g/mol. The van der Waals surface area contributed by atoms with Crippen molar-refractivity contribution in [2.45, 2.75) is 49.5 Å². The van der Waals surface area contributed by atoms with E-state index in [1.807, 2.05) is 0 Å². The van der Waals surface area contributed by atoms with Gasteiger partial charge in [0, 0.05) is 12.0 Å². The van der Waals surface area contributed by atoms with Crippen LogP contribution in [0, 0.1) is 5.92 Å². The standard InChI is InChI=1S/C19H22O8/c1-9(7-20)16(21)26-13-6-19-14(27-19)4-3-11(8-24-18(19)23)5-12-15(13)10(2)17(22)25-12/h5,12-15,18,20,23H,1-4,6-8H2/t12-,13+,14-,15+,18+,19-/m1/s1. The fraction of sp³-hybridized carbons (Fsp3) is 0.579. The number of hydrogen-bond acceptors (Lipinski definition) is 8. The van der Waals surface area contributed by atoms with Crippen molar-refractivity contribution in [3.05, 3.63) is 36.0 Å². The zero-order chi connectivity index (χ0) is 19.3. The van der Waals surface area contributed by atoms with E-state index in [0.29, 0.717) is 12.8 Å². The van der Waals surface area contributed by atoms with Crippen LogP contribution < -0.4 is 0 Å². The highest BCUT2D eigenvalue weighted by atomic mass is 16.7. The molecule has 8 heteroatoms. The van der Waals surface area contributed by atoms with Crippen LogP contribution in [0.15, 0.2) is 36.0 Å². The van der Waals surface area contributed by atoms with Crippen LogP contribution in [-0.2, 0) is 28.5 Å². The summed E-state index contributed by atoms with van der Waals surface area (Å²) in [5.74, 6) is -1.95. The molecule has 0 amide bonds. The first kappa shape index (κ1) is 18.4. The van der Waals surface area contributed by atoms with Crippen molar-refractivity contribution in [1.29, 1.82) is 0 Å². The van der Waals surface area contributed by atoms with Gasteiger partial charge < -0.3 is 29.2 Å². The number of carbonyl (C=O) groups excluding carboxylic acids is 2. The van der Waals surface area contributed by atoms with Crippen LogP contribution in [0.4, 0.5) is 0 Å². The zero-order valence-electron chi connectivity index (χ0n) is 14.8. The topological polar surface area (TPSA) is 115 Å². The summed E-state index contributed by atoms with van der Waals surface area (Å²) in [5, 5.41) is 19.7. The van der Waals surface area contributed by atoms with Gasteiger partial charge in [-0.1, -0.05) is 13.2 Å². The van der Waals surface area contributed by atoms with Gasteiger partial charge in [0.1, 0.15) is 17.8 Å². The third-order valence-electron chi connectivity index (χ3n) is 5.74. The van der Waals surface area contributed by atoms with Gasteiger partial charge in [-0.25, -0.2) is 9.59 Å². The lowest BCUT2D eigenvalue weighted by molar-refractivity contribution is -0.163. The van der Waals surface area contributed by atoms with Crippen LogP contribution in [0.1, 0.15) is 19.3 Å². The van der Waals surface area contributed by atoms with Crippen molar-refractivity contribution in [3.63, 3.8) is 0 Å². The zero-order valence-corrected chi connectivity index (χ0v) is 14.8. The lowest BCUT2D eigenvalue weighted by atomic mass is 9.81. The molecule has 0 aromatic rings. The molecule has 4 aliphatic heterocycles. The van der Waals surface area contributed by atoms with Crippen LogP contribution in [0.3, 0.4) is 0 Å². The maximum Gasteiger partial charge on any atom is 0.336 e. The van der Waals surface area contributed by atoms with Gasteiger partial charge in [0.05, 0.1) is 30.8 Å². The van der Waals surface area contributed by atoms with E-state index in [2.05, 4.69) is 13.2 Å². The summed E-state index contributed by atoms with van der Waals surface area (Å²) in [6, 6.07) is 0. The molecule has 0 aromatic heterocycles. The van der Waals surface area contributed by atoms with Gasteiger partial charge in [-0.05, 0) is 24.5 Å². The number of aliphatic hydroxyl groups is 2. The van der Waals surface area contributed by atoms with Crippen molar-refractivity contribution >= 4 is 11.9 Å². The molecule has 0 unspecified atom stereocenters. The van der Waals surface area contributed by atoms with Crippen LogP contribution in [-0.4, -0.2) is 65.6 Å². The molecule has 2 N–H and O–H groups in total. The molecule has 6 atom stereocenters. The van der Waals surface area contributed by atoms with Crippen molar-refractivity contribution in [3.8, 4) is 0 Å². The lowest BCUT2D eigenvalue weighted by Gasteiger charge is -2.33. The van der Waals surface area contributed by atoms with E-state index in [9.17, 15) is 14.7 Å². The number of fused-ring (bicyclic) bond motifs is 4. The Labute approximate surface area is 156 Å². The summed E-state index contributed by atoms with van der Waals surface area (Å²) >= 11 is 0. The molecule has 3 fully saturated rings. The molecule has 1 spiro atoms. The Morgan fingerprint density at radius 2 is 2.22 bits per heavy atom. The summed E-state index contributed by atoms with van der Waals surface area (Å²) in [7, 11) is 0. The minimum atomic E-state index is -1.18.